The molecule has 0 saturated heterocycles. The van der Waals surface area contributed by atoms with E-state index in [1.165, 1.54) is 19.1 Å². The van der Waals surface area contributed by atoms with Crippen molar-refractivity contribution in [2.75, 3.05) is 0 Å². The summed E-state index contributed by atoms with van der Waals surface area (Å²) in [5.41, 5.74) is -0.606. The van der Waals surface area contributed by atoms with E-state index in [1.54, 1.807) is 20.8 Å². The smallest absolute Gasteiger partial charge is 0.303 e. The van der Waals surface area contributed by atoms with Crippen LogP contribution in [0.2, 0.25) is 0 Å². The van der Waals surface area contributed by atoms with Gasteiger partial charge in [0.05, 0.1) is 10.6 Å². The Morgan fingerprint density at radius 1 is 1.38 bits per heavy atom. The highest BCUT2D eigenvalue weighted by molar-refractivity contribution is 5.84. The van der Waals surface area contributed by atoms with E-state index in [-0.39, 0.29) is 11.4 Å². The Kier molecular flexibility index (Phi) is 4.96. The number of hydrogen-bond acceptors (Lipinski definition) is 6. The molecule has 1 heterocycles. The highest BCUT2D eigenvalue weighted by atomic mass is 16.6. The molecule has 1 aromatic heterocycles. The normalized spacial score (nSPS) is 12.4. The van der Waals surface area contributed by atoms with E-state index in [4.69, 9.17) is 4.74 Å². The lowest BCUT2D eigenvalue weighted by Gasteiger charge is -2.24. The molecule has 0 bridgehead atoms. The third kappa shape index (κ3) is 5.17. The molecule has 21 heavy (non-hydrogen) atoms. The van der Waals surface area contributed by atoms with Gasteiger partial charge in [-0.05, 0) is 26.8 Å². The number of esters is 1. The summed E-state index contributed by atoms with van der Waals surface area (Å²) < 4.78 is 4.96. The Labute approximate surface area is 121 Å². The van der Waals surface area contributed by atoms with Gasteiger partial charge in [0.2, 0.25) is 6.10 Å². The summed E-state index contributed by atoms with van der Waals surface area (Å²) in [5.74, 6) is -1.19. The molecule has 1 amide bonds. The van der Waals surface area contributed by atoms with Gasteiger partial charge in [0.25, 0.3) is 11.6 Å². The monoisotopic (exact) mass is 295 g/mol. The van der Waals surface area contributed by atoms with Crippen molar-refractivity contribution >= 4 is 17.6 Å². The van der Waals surface area contributed by atoms with E-state index < -0.39 is 28.4 Å². The molecule has 0 saturated carbocycles. The fraction of sp³-hybridized carbons (Fsp3) is 0.462. The van der Waals surface area contributed by atoms with Crippen molar-refractivity contribution in [3.05, 3.63) is 34.1 Å². The van der Waals surface area contributed by atoms with Crippen LogP contribution in [-0.4, -0.2) is 27.3 Å². The number of nitrogens with one attached hydrogen (secondary N) is 1. The molecule has 0 aromatic carbocycles. The fourth-order valence-electron chi connectivity index (χ4n) is 1.51. The molecule has 0 fully saturated rings. The highest BCUT2D eigenvalue weighted by Gasteiger charge is 2.28. The molecule has 1 aromatic rings. The van der Waals surface area contributed by atoms with Crippen molar-refractivity contribution in [3.8, 4) is 0 Å². The highest BCUT2D eigenvalue weighted by Crippen LogP contribution is 2.19. The quantitative estimate of drug-likeness (QED) is 0.512. The van der Waals surface area contributed by atoms with Gasteiger partial charge in [-0.3, -0.25) is 19.7 Å². The van der Waals surface area contributed by atoms with Crippen molar-refractivity contribution in [2.24, 2.45) is 0 Å². The van der Waals surface area contributed by atoms with Crippen LogP contribution < -0.4 is 5.32 Å². The van der Waals surface area contributed by atoms with Crippen LogP contribution in [0.15, 0.2) is 18.3 Å². The molecule has 0 aliphatic heterocycles. The van der Waals surface area contributed by atoms with E-state index in [0.717, 1.165) is 6.20 Å². The number of hydrogen-bond donors (Lipinski definition) is 1. The SMILES string of the molecule is CC(=O)OC(C(=O)NC(C)(C)C)c1ccc([N+](=O)[O-])cn1. The third-order valence-electron chi connectivity index (χ3n) is 2.27. The lowest BCUT2D eigenvalue weighted by Crippen LogP contribution is -2.44. The zero-order valence-electron chi connectivity index (χ0n) is 12.2. The maximum absolute atomic E-state index is 12.2. The summed E-state index contributed by atoms with van der Waals surface area (Å²) in [7, 11) is 0. The Balaban J connectivity index is 3.04. The first-order valence-electron chi connectivity index (χ1n) is 6.20. The third-order valence-corrected chi connectivity index (χ3v) is 2.27. The van der Waals surface area contributed by atoms with Crippen LogP contribution in [0.1, 0.15) is 39.5 Å². The first kappa shape index (κ1) is 16.5. The minimum Gasteiger partial charge on any atom is -0.446 e. The summed E-state index contributed by atoms with van der Waals surface area (Å²) >= 11 is 0. The van der Waals surface area contributed by atoms with Crippen molar-refractivity contribution < 1.29 is 19.2 Å². The Bertz CT molecular complexity index is 548. The molecular formula is C13H17N3O5. The molecule has 1 unspecified atom stereocenters. The summed E-state index contributed by atoms with van der Waals surface area (Å²) in [6, 6.07) is 2.48. The first-order chi connectivity index (χ1) is 9.60. The van der Waals surface area contributed by atoms with Gasteiger partial charge in [-0.15, -0.1) is 0 Å². The van der Waals surface area contributed by atoms with Gasteiger partial charge in [-0.25, -0.2) is 4.98 Å². The van der Waals surface area contributed by atoms with E-state index in [9.17, 15) is 19.7 Å². The van der Waals surface area contributed by atoms with Gasteiger partial charge < -0.3 is 10.1 Å². The van der Waals surface area contributed by atoms with Crippen molar-refractivity contribution in [2.45, 2.75) is 39.3 Å². The van der Waals surface area contributed by atoms with E-state index >= 15 is 0 Å². The maximum atomic E-state index is 12.2. The number of pyridine rings is 1. The number of carbonyl (C=O) groups excluding carboxylic acids is 2. The van der Waals surface area contributed by atoms with Crippen molar-refractivity contribution in [1.82, 2.24) is 10.3 Å². The van der Waals surface area contributed by atoms with Gasteiger partial charge in [0, 0.05) is 18.5 Å². The molecule has 0 radical (unpaired) electrons. The summed E-state index contributed by atoms with van der Waals surface area (Å²) in [6.07, 6.45) is -0.238. The Hall–Kier alpha value is -2.51. The second-order valence-electron chi connectivity index (χ2n) is 5.43. The van der Waals surface area contributed by atoms with Crippen LogP contribution in [0, 0.1) is 10.1 Å². The lowest BCUT2D eigenvalue weighted by molar-refractivity contribution is -0.385. The molecule has 114 valence electrons. The van der Waals surface area contributed by atoms with E-state index in [1.807, 2.05) is 0 Å². The largest absolute Gasteiger partial charge is 0.446 e. The van der Waals surface area contributed by atoms with Gasteiger partial charge in [0.1, 0.15) is 6.20 Å². The average Bonchev–Trinajstić information content (AvgIpc) is 2.33. The van der Waals surface area contributed by atoms with Crippen LogP contribution in [0.5, 0.6) is 0 Å². The second kappa shape index (κ2) is 6.29. The number of nitro groups is 1. The number of rotatable bonds is 4. The number of aromatic nitrogens is 1. The molecule has 1 N–H and O–H groups in total. The zero-order chi connectivity index (χ0) is 16.2. The zero-order valence-corrected chi connectivity index (χ0v) is 12.2. The second-order valence-corrected chi connectivity index (χ2v) is 5.43. The Morgan fingerprint density at radius 3 is 2.38 bits per heavy atom. The molecule has 0 aliphatic carbocycles. The van der Waals surface area contributed by atoms with Crippen LogP contribution >= 0.6 is 0 Å². The molecule has 1 atom stereocenters. The number of ether oxygens (including phenoxy) is 1. The van der Waals surface area contributed by atoms with E-state index in [0.29, 0.717) is 0 Å². The minimum absolute atomic E-state index is 0.123. The number of nitrogens with zero attached hydrogens (tertiary/aromatic N) is 2. The summed E-state index contributed by atoms with van der Waals surface area (Å²) in [4.78, 5) is 37.1. The predicted molar refractivity (Wildman–Crippen MR) is 73.3 cm³/mol. The van der Waals surface area contributed by atoms with Crippen LogP contribution in [0.3, 0.4) is 0 Å². The van der Waals surface area contributed by atoms with Crippen LogP contribution in [-0.2, 0) is 14.3 Å². The fourth-order valence-corrected chi connectivity index (χ4v) is 1.51. The maximum Gasteiger partial charge on any atom is 0.303 e. The minimum atomic E-state index is -1.25. The van der Waals surface area contributed by atoms with Crippen LogP contribution in [0.25, 0.3) is 0 Å². The first-order valence-corrected chi connectivity index (χ1v) is 6.20. The average molecular weight is 295 g/mol. The van der Waals surface area contributed by atoms with Crippen LogP contribution in [0.4, 0.5) is 5.69 Å². The topological polar surface area (TPSA) is 111 Å². The predicted octanol–water partition coefficient (Wildman–Crippen LogP) is 1.51. The number of carbonyl (C=O) groups is 2. The van der Waals surface area contributed by atoms with E-state index in [2.05, 4.69) is 10.3 Å². The molecule has 8 heteroatoms. The summed E-state index contributed by atoms with van der Waals surface area (Å²) in [6.45, 7) is 6.50. The number of amides is 1. The van der Waals surface area contributed by atoms with Gasteiger partial charge >= 0.3 is 5.97 Å². The molecule has 1 rings (SSSR count). The van der Waals surface area contributed by atoms with Crippen molar-refractivity contribution in [1.29, 1.82) is 0 Å². The lowest BCUT2D eigenvalue weighted by atomic mass is 10.1. The molecular weight excluding hydrogens is 278 g/mol. The van der Waals surface area contributed by atoms with Gasteiger partial charge in [-0.2, -0.15) is 0 Å². The Morgan fingerprint density at radius 2 is 2.00 bits per heavy atom. The molecule has 8 nitrogen and oxygen atoms in total. The van der Waals surface area contributed by atoms with Gasteiger partial charge in [-0.1, -0.05) is 0 Å². The molecule has 0 spiro atoms. The molecule has 0 aliphatic rings. The van der Waals surface area contributed by atoms with Crippen molar-refractivity contribution in [3.63, 3.8) is 0 Å². The van der Waals surface area contributed by atoms with Gasteiger partial charge in [0.15, 0.2) is 0 Å². The standard InChI is InChI=1S/C13H17N3O5/c1-8(17)21-11(12(18)15-13(2,3)4)10-6-5-9(7-14-10)16(19)20/h5-7,11H,1-4H3,(H,15,18). The summed E-state index contributed by atoms with van der Waals surface area (Å²) in [5, 5.41) is 13.3.